The average Bonchev–Trinajstić information content (AvgIpc) is 2.67. The fourth-order valence-electron chi connectivity index (χ4n) is 2.68. The first-order valence-electron chi connectivity index (χ1n) is 8.07. The molecule has 0 N–H and O–H groups in total. The van der Waals surface area contributed by atoms with E-state index < -0.39 is 17.5 Å². The van der Waals surface area contributed by atoms with Gasteiger partial charge in [0, 0.05) is 5.56 Å². The highest BCUT2D eigenvalue weighted by Crippen LogP contribution is 2.36. The number of pyridine rings is 1. The standard InChI is InChI=1S/C20H17F2NO3/c1-3-26-19(24)20(21,22)16-10-11-17(23-18(16)25-2)15-9-8-13-6-4-5-7-14(13)12-15/h4-12H,3H2,1-2H3. The fraction of sp³-hybridized carbons (Fsp3) is 0.200. The smallest absolute Gasteiger partial charge is 0.382 e. The van der Waals surface area contributed by atoms with Crippen molar-refractivity contribution in [2.45, 2.75) is 12.8 Å². The van der Waals surface area contributed by atoms with Gasteiger partial charge in [-0.2, -0.15) is 8.78 Å². The van der Waals surface area contributed by atoms with Crippen molar-refractivity contribution in [1.82, 2.24) is 4.98 Å². The highest BCUT2D eigenvalue weighted by molar-refractivity contribution is 5.87. The summed E-state index contributed by atoms with van der Waals surface area (Å²) in [5, 5.41) is 2.07. The molecule has 0 aliphatic rings. The molecule has 134 valence electrons. The second-order valence-electron chi connectivity index (χ2n) is 5.61. The van der Waals surface area contributed by atoms with E-state index in [1.165, 1.54) is 20.1 Å². The fourth-order valence-corrected chi connectivity index (χ4v) is 2.68. The van der Waals surface area contributed by atoms with Crippen molar-refractivity contribution >= 4 is 16.7 Å². The van der Waals surface area contributed by atoms with E-state index in [2.05, 4.69) is 9.72 Å². The molecule has 3 rings (SSSR count). The quantitative estimate of drug-likeness (QED) is 0.628. The number of carbonyl (C=O) groups excluding carboxylic acids is 1. The lowest BCUT2D eigenvalue weighted by atomic mass is 10.0. The number of carbonyl (C=O) groups is 1. The van der Waals surface area contributed by atoms with Crippen molar-refractivity contribution in [3.63, 3.8) is 0 Å². The third-order valence-electron chi connectivity index (χ3n) is 3.97. The molecule has 1 aromatic heterocycles. The molecule has 0 saturated heterocycles. The van der Waals surface area contributed by atoms with Crippen LogP contribution in [-0.2, 0) is 15.5 Å². The maximum atomic E-state index is 14.3. The molecule has 0 saturated carbocycles. The summed E-state index contributed by atoms with van der Waals surface area (Å²) < 4.78 is 38.1. The topological polar surface area (TPSA) is 48.4 Å². The van der Waals surface area contributed by atoms with Crippen LogP contribution in [-0.4, -0.2) is 24.7 Å². The van der Waals surface area contributed by atoms with Gasteiger partial charge in [-0.15, -0.1) is 0 Å². The Morgan fingerprint density at radius 2 is 1.81 bits per heavy atom. The zero-order valence-corrected chi connectivity index (χ0v) is 14.3. The number of hydrogen-bond acceptors (Lipinski definition) is 4. The zero-order valence-electron chi connectivity index (χ0n) is 14.3. The minimum absolute atomic E-state index is 0.140. The molecule has 2 aromatic carbocycles. The number of hydrogen-bond donors (Lipinski definition) is 0. The van der Waals surface area contributed by atoms with Crippen LogP contribution in [0, 0.1) is 0 Å². The van der Waals surface area contributed by atoms with E-state index in [0.29, 0.717) is 5.69 Å². The van der Waals surface area contributed by atoms with Gasteiger partial charge in [0.1, 0.15) is 0 Å². The van der Waals surface area contributed by atoms with Crippen LogP contribution in [0.2, 0.25) is 0 Å². The number of nitrogens with zero attached hydrogens (tertiary/aromatic N) is 1. The number of rotatable bonds is 5. The number of esters is 1. The van der Waals surface area contributed by atoms with Crippen LogP contribution >= 0.6 is 0 Å². The molecule has 0 atom stereocenters. The van der Waals surface area contributed by atoms with Crippen LogP contribution in [0.4, 0.5) is 8.78 Å². The molecule has 1 heterocycles. The lowest BCUT2D eigenvalue weighted by Crippen LogP contribution is -2.29. The van der Waals surface area contributed by atoms with E-state index in [1.807, 2.05) is 42.5 Å². The molecular formula is C20H17F2NO3. The molecule has 26 heavy (non-hydrogen) atoms. The maximum absolute atomic E-state index is 14.3. The lowest BCUT2D eigenvalue weighted by molar-refractivity contribution is -0.173. The van der Waals surface area contributed by atoms with Gasteiger partial charge >= 0.3 is 11.9 Å². The second-order valence-corrected chi connectivity index (χ2v) is 5.61. The first-order chi connectivity index (χ1) is 12.5. The normalized spacial score (nSPS) is 11.4. The number of benzene rings is 2. The minimum Gasteiger partial charge on any atom is -0.481 e. The molecule has 0 aliphatic carbocycles. The molecule has 6 heteroatoms. The Kier molecular flexibility index (Phi) is 4.84. The molecule has 0 radical (unpaired) electrons. The zero-order chi connectivity index (χ0) is 18.7. The largest absolute Gasteiger partial charge is 0.481 e. The first-order valence-corrected chi connectivity index (χ1v) is 8.07. The van der Waals surface area contributed by atoms with E-state index in [0.717, 1.165) is 22.4 Å². The molecule has 0 bridgehead atoms. The molecule has 0 unspecified atom stereocenters. The number of ether oxygens (including phenoxy) is 2. The predicted molar refractivity (Wildman–Crippen MR) is 94.3 cm³/mol. The minimum atomic E-state index is -3.84. The van der Waals surface area contributed by atoms with E-state index in [4.69, 9.17) is 4.74 Å². The van der Waals surface area contributed by atoms with Crippen LogP contribution in [0.25, 0.3) is 22.0 Å². The third-order valence-corrected chi connectivity index (χ3v) is 3.97. The van der Waals surface area contributed by atoms with Gasteiger partial charge in [-0.05, 0) is 35.9 Å². The molecular weight excluding hydrogens is 340 g/mol. The van der Waals surface area contributed by atoms with Crippen LogP contribution in [0.1, 0.15) is 12.5 Å². The summed E-state index contributed by atoms with van der Waals surface area (Å²) in [4.78, 5) is 15.7. The van der Waals surface area contributed by atoms with Crippen molar-refractivity contribution in [3.8, 4) is 17.1 Å². The summed E-state index contributed by atoms with van der Waals surface area (Å²) in [6.45, 7) is 1.33. The summed E-state index contributed by atoms with van der Waals surface area (Å²) in [6.07, 6.45) is 0. The number of halogens is 2. The summed E-state index contributed by atoms with van der Waals surface area (Å²) in [7, 11) is 1.23. The summed E-state index contributed by atoms with van der Waals surface area (Å²) in [6, 6.07) is 16.1. The van der Waals surface area contributed by atoms with Gasteiger partial charge in [-0.3, -0.25) is 0 Å². The Bertz CT molecular complexity index is 957. The predicted octanol–water partition coefficient (Wildman–Crippen LogP) is 4.57. The first kappa shape index (κ1) is 17.8. The number of fused-ring (bicyclic) bond motifs is 1. The van der Waals surface area contributed by atoms with Gasteiger partial charge in [-0.25, -0.2) is 9.78 Å². The van der Waals surface area contributed by atoms with Gasteiger partial charge in [0.05, 0.1) is 25.0 Å². The Labute approximate surface area is 149 Å². The SMILES string of the molecule is CCOC(=O)C(F)(F)c1ccc(-c2ccc3ccccc3c2)nc1OC. The third kappa shape index (κ3) is 3.22. The van der Waals surface area contributed by atoms with Crippen LogP contribution in [0.15, 0.2) is 54.6 Å². The highest BCUT2D eigenvalue weighted by Gasteiger charge is 2.45. The summed E-state index contributed by atoms with van der Waals surface area (Å²) in [5.41, 5.74) is 0.604. The molecule has 0 fully saturated rings. The van der Waals surface area contributed by atoms with Crippen LogP contribution < -0.4 is 4.74 Å². The summed E-state index contributed by atoms with van der Waals surface area (Å²) >= 11 is 0. The van der Waals surface area contributed by atoms with Gasteiger partial charge in [0.25, 0.3) is 0 Å². The summed E-state index contributed by atoms with van der Waals surface area (Å²) in [5.74, 6) is -5.77. The molecule has 4 nitrogen and oxygen atoms in total. The molecule has 3 aromatic rings. The number of alkyl halides is 2. The van der Waals surface area contributed by atoms with Crippen molar-refractivity contribution < 1.29 is 23.0 Å². The van der Waals surface area contributed by atoms with Crippen molar-refractivity contribution in [2.75, 3.05) is 13.7 Å². The van der Waals surface area contributed by atoms with E-state index in [1.54, 1.807) is 0 Å². The molecule has 0 amide bonds. The monoisotopic (exact) mass is 357 g/mol. The number of methoxy groups -OCH3 is 1. The van der Waals surface area contributed by atoms with Crippen LogP contribution in [0.3, 0.4) is 0 Å². The second kappa shape index (κ2) is 7.07. The van der Waals surface area contributed by atoms with Crippen molar-refractivity contribution in [2.24, 2.45) is 0 Å². The highest BCUT2D eigenvalue weighted by atomic mass is 19.3. The van der Waals surface area contributed by atoms with Crippen molar-refractivity contribution in [1.29, 1.82) is 0 Å². The maximum Gasteiger partial charge on any atom is 0.382 e. The van der Waals surface area contributed by atoms with Crippen LogP contribution in [0.5, 0.6) is 5.88 Å². The van der Waals surface area contributed by atoms with E-state index >= 15 is 0 Å². The van der Waals surface area contributed by atoms with Gasteiger partial charge in [0.15, 0.2) is 0 Å². The average molecular weight is 357 g/mol. The molecule has 0 aliphatic heterocycles. The van der Waals surface area contributed by atoms with Gasteiger partial charge in [0.2, 0.25) is 5.88 Å². The van der Waals surface area contributed by atoms with E-state index in [9.17, 15) is 13.6 Å². The Balaban J connectivity index is 2.04. The Morgan fingerprint density at radius 3 is 2.50 bits per heavy atom. The Hall–Kier alpha value is -3.02. The molecule has 0 spiro atoms. The Morgan fingerprint density at radius 1 is 1.08 bits per heavy atom. The lowest BCUT2D eigenvalue weighted by Gasteiger charge is -2.17. The number of aromatic nitrogens is 1. The van der Waals surface area contributed by atoms with Gasteiger partial charge < -0.3 is 9.47 Å². The van der Waals surface area contributed by atoms with E-state index in [-0.39, 0.29) is 12.5 Å². The van der Waals surface area contributed by atoms with Crippen molar-refractivity contribution in [3.05, 3.63) is 60.2 Å². The van der Waals surface area contributed by atoms with Gasteiger partial charge in [-0.1, -0.05) is 36.4 Å².